The smallest absolute Gasteiger partial charge is 0.227 e. The van der Waals surface area contributed by atoms with Crippen molar-refractivity contribution in [2.45, 2.75) is 73.6 Å². The molecule has 0 saturated carbocycles. The highest BCUT2D eigenvalue weighted by molar-refractivity contribution is 7.18. The lowest BCUT2D eigenvalue weighted by atomic mass is 9.84. The average molecular weight is 459 g/mol. The maximum atomic E-state index is 12.9. The molecule has 2 aromatic rings. The molecule has 1 aromatic heterocycles. The van der Waals surface area contributed by atoms with Crippen LogP contribution in [-0.4, -0.2) is 40.0 Å². The largest absolute Gasteiger partial charge is 0.342 e. The Kier molecular flexibility index (Phi) is 9.82. The first-order valence-corrected chi connectivity index (χ1v) is 12.4. The van der Waals surface area contributed by atoms with Crippen LogP contribution in [0.1, 0.15) is 72.3 Å². The Bertz CT molecular complexity index is 871. The van der Waals surface area contributed by atoms with Crippen molar-refractivity contribution in [3.8, 4) is 10.6 Å². The number of carbonyl (C=O) groups excluding carboxylic acids is 2. The number of rotatable bonds is 11. The number of unbranched alkanes of at least 4 members (excludes halogenated alkanes) is 1. The fourth-order valence-corrected chi connectivity index (χ4v) is 4.52. The van der Waals surface area contributed by atoms with E-state index < -0.39 is 0 Å². The first-order chi connectivity index (χ1) is 15.1. The monoisotopic (exact) mass is 458 g/mol. The van der Waals surface area contributed by atoms with Gasteiger partial charge in [0.2, 0.25) is 16.9 Å². The van der Waals surface area contributed by atoms with Gasteiger partial charge >= 0.3 is 0 Å². The number of hydrogen-bond acceptors (Lipinski definition) is 5. The predicted octanol–water partition coefficient (Wildman–Crippen LogP) is 5.93. The summed E-state index contributed by atoms with van der Waals surface area (Å²) in [5.41, 5.74) is 2.36. The number of hydrogen-bond donors (Lipinski definition) is 1. The van der Waals surface area contributed by atoms with Crippen LogP contribution in [0.2, 0.25) is 0 Å². The molecule has 1 N–H and O–H groups in total. The van der Waals surface area contributed by atoms with Crippen molar-refractivity contribution in [3.63, 3.8) is 0 Å². The third-order valence-corrected chi connectivity index (χ3v) is 6.08. The molecule has 0 saturated heterocycles. The topological polar surface area (TPSA) is 75.2 Å². The molecule has 0 spiro atoms. The summed E-state index contributed by atoms with van der Waals surface area (Å²) in [4.78, 5) is 27.2. The maximum Gasteiger partial charge on any atom is 0.227 e. The molecular weight excluding hydrogens is 420 g/mol. The summed E-state index contributed by atoms with van der Waals surface area (Å²) in [6.07, 6.45) is 3.74. The summed E-state index contributed by atoms with van der Waals surface area (Å²) in [5.74, 6) is 0.316. The van der Waals surface area contributed by atoms with Crippen molar-refractivity contribution in [1.82, 2.24) is 15.1 Å². The van der Waals surface area contributed by atoms with E-state index in [0.29, 0.717) is 30.6 Å². The Morgan fingerprint density at radius 2 is 1.81 bits per heavy atom. The molecule has 2 amide bonds. The number of nitrogens with zero attached hydrogens (tertiary/aromatic N) is 3. The van der Waals surface area contributed by atoms with E-state index in [0.717, 1.165) is 29.8 Å². The average Bonchev–Trinajstić information content (AvgIpc) is 3.15. The van der Waals surface area contributed by atoms with Crippen LogP contribution in [0.3, 0.4) is 0 Å². The summed E-state index contributed by atoms with van der Waals surface area (Å²) in [7, 11) is 0. The molecule has 176 valence electrons. The highest BCUT2D eigenvalue weighted by atomic mass is 32.1. The van der Waals surface area contributed by atoms with Crippen LogP contribution in [0, 0.1) is 18.3 Å². The van der Waals surface area contributed by atoms with Gasteiger partial charge in [0.15, 0.2) is 0 Å². The number of anilines is 1. The zero-order chi connectivity index (χ0) is 23.7. The van der Waals surface area contributed by atoms with E-state index >= 15 is 0 Å². The van der Waals surface area contributed by atoms with Gasteiger partial charge in [0.1, 0.15) is 5.01 Å². The molecule has 0 bridgehead atoms. The lowest BCUT2D eigenvalue weighted by Gasteiger charge is -2.27. The third kappa shape index (κ3) is 9.07. The van der Waals surface area contributed by atoms with Crippen LogP contribution in [0.15, 0.2) is 24.3 Å². The van der Waals surface area contributed by atoms with Gasteiger partial charge in [0.05, 0.1) is 0 Å². The molecule has 1 heterocycles. The van der Waals surface area contributed by atoms with E-state index in [4.69, 9.17) is 0 Å². The number of nitrogens with one attached hydrogen (secondary N) is 1. The van der Waals surface area contributed by atoms with Crippen molar-refractivity contribution in [1.29, 1.82) is 0 Å². The Labute approximate surface area is 196 Å². The zero-order valence-corrected chi connectivity index (χ0v) is 21.2. The molecule has 0 aliphatic carbocycles. The highest BCUT2D eigenvalue weighted by Gasteiger charge is 2.21. The summed E-state index contributed by atoms with van der Waals surface area (Å²) >= 11 is 1.35. The fraction of sp³-hybridized carbons (Fsp3) is 0.600. The second kappa shape index (κ2) is 12.1. The minimum Gasteiger partial charge on any atom is -0.342 e. The second-order valence-electron chi connectivity index (χ2n) is 9.88. The molecule has 32 heavy (non-hydrogen) atoms. The molecule has 7 heteroatoms. The van der Waals surface area contributed by atoms with Crippen molar-refractivity contribution < 1.29 is 9.59 Å². The van der Waals surface area contributed by atoms with Gasteiger partial charge in [-0.05, 0) is 31.1 Å². The third-order valence-electron chi connectivity index (χ3n) is 5.20. The highest BCUT2D eigenvalue weighted by Crippen LogP contribution is 2.27. The van der Waals surface area contributed by atoms with E-state index in [2.05, 4.69) is 50.1 Å². The molecule has 0 aliphatic heterocycles. The van der Waals surface area contributed by atoms with Crippen molar-refractivity contribution in [3.05, 3.63) is 29.8 Å². The van der Waals surface area contributed by atoms with E-state index in [-0.39, 0.29) is 23.7 Å². The van der Waals surface area contributed by atoms with Crippen LogP contribution >= 0.6 is 11.3 Å². The van der Waals surface area contributed by atoms with E-state index in [1.54, 1.807) is 0 Å². The zero-order valence-electron chi connectivity index (χ0n) is 20.4. The minimum absolute atomic E-state index is 0.139. The van der Waals surface area contributed by atoms with Gasteiger partial charge < -0.3 is 10.2 Å². The number of carbonyl (C=O) groups is 2. The first kappa shape index (κ1) is 26.0. The van der Waals surface area contributed by atoms with Gasteiger partial charge in [0, 0.05) is 31.5 Å². The standard InChI is InChI=1S/C25H38N4O2S/c1-7-8-14-29(22(31)16-19(3)17-25(4,5)6)15-13-21(30)26-24-28-27-23(32-24)20-11-9-18(2)10-12-20/h9-12,19H,7-8,13-17H2,1-6H3,(H,26,28,30). The Morgan fingerprint density at radius 1 is 1.12 bits per heavy atom. The van der Waals surface area contributed by atoms with Gasteiger partial charge in [-0.2, -0.15) is 0 Å². The molecule has 0 radical (unpaired) electrons. The number of aromatic nitrogens is 2. The summed E-state index contributed by atoms with van der Waals surface area (Å²) < 4.78 is 0. The van der Waals surface area contributed by atoms with Crippen molar-refractivity contribution >= 4 is 28.3 Å². The summed E-state index contributed by atoms with van der Waals surface area (Å²) in [5, 5.41) is 12.4. The first-order valence-electron chi connectivity index (χ1n) is 11.6. The lowest BCUT2D eigenvalue weighted by Crippen LogP contribution is -2.35. The van der Waals surface area contributed by atoms with Crippen molar-refractivity contribution in [2.24, 2.45) is 11.3 Å². The van der Waals surface area contributed by atoms with Gasteiger partial charge in [-0.15, -0.1) is 10.2 Å². The summed E-state index contributed by atoms with van der Waals surface area (Å²) in [6, 6.07) is 8.05. The number of amides is 2. The molecule has 6 nitrogen and oxygen atoms in total. The fourth-order valence-electron chi connectivity index (χ4n) is 3.76. The minimum atomic E-state index is -0.145. The molecule has 2 rings (SSSR count). The molecular formula is C25H38N4O2S. The van der Waals surface area contributed by atoms with Gasteiger partial charge in [-0.1, -0.05) is 82.2 Å². The van der Waals surface area contributed by atoms with Crippen molar-refractivity contribution in [2.75, 3.05) is 18.4 Å². The van der Waals surface area contributed by atoms with Crippen LogP contribution < -0.4 is 5.32 Å². The SMILES string of the molecule is CCCCN(CCC(=O)Nc1nnc(-c2ccc(C)cc2)s1)C(=O)CC(C)CC(C)(C)C. The van der Waals surface area contributed by atoms with Gasteiger partial charge in [-0.25, -0.2) is 0 Å². The molecule has 1 atom stereocenters. The Morgan fingerprint density at radius 3 is 2.44 bits per heavy atom. The quantitative estimate of drug-likeness (QED) is 0.452. The predicted molar refractivity (Wildman–Crippen MR) is 133 cm³/mol. The normalized spacial score (nSPS) is 12.4. The molecule has 1 aromatic carbocycles. The van der Waals surface area contributed by atoms with E-state index in [1.165, 1.54) is 16.9 Å². The lowest BCUT2D eigenvalue weighted by molar-refractivity contribution is -0.132. The van der Waals surface area contributed by atoms with Crippen LogP contribution in [0.4, 0.5) is 5.13 Å². The Balaban J connectivity index is 1.89. The summed E-state index contributed by atoms with van der Waals surface area (Å²) in [6.45, 7) is 14.0. The van der Waals surface area contributed by atoms with Gasteiger partial charge in [-0.3, -0.25) is 9.59 Å². The molecule has 0 fully saturated rings. The van der Waals surface area contributed by atoms with E-state index in [9.17, 15) is 9.59 Å². The van der Waals surface area contributed by atoms with Crippen LogP contribution in [-0.2, 0) is 9.59 Å². The molecule has 0 aliphatic rings. The molecule has 1 unspecified atom stereocenters. The maximum absolute atomic E-state index is 12.9. The number of aryl methyl sites for hydroxylation is 1. The number of benzene rings is 1. The Hall–Kier alpha value is -2.28. The van der Waals surface area contributed by atoms with E-state index in [1.807, 2.05) is 36.1 Å². The van der Waals surface area contributed by atoms with Gasteiger partial charge in [0.25, 0.3) is 0 Å². The van der Waals surface area contributed by atoms with Crippen LogP contribution in [0.5, 0.6) is 0 Å². The second-order valence-corrected chi connectivity index (χ2v) is 10.9. The van der Waals surface area contributed by atoms with Crippen LogP contribution in [0.25, 0.3) is 10.6 Å².